The van der Waals surface area contributed by atoms with E-state index in [-0.39, 0.29) is 11.5 Å². The Morgan fingerprint density at radius 1 is 1.58 bits per heavy atom. The molecule has 0 fully saturated rings. The Bertz CT molecular complexity index is 564. The highest BCUT2D eigenvalue weighted by Crippen LogP contribution is 2.28. The average molecular weight is 282 g/mol. The minimum absolute atomic E-state index is 0.0612. The van der Waals surface area contributed by atoms with Gasteiger partial charge in [0.2, 0.25) is 5.76 Å². The fraction of sp³-hybridized carbons (Fsp3) is 0.417. The molecule has 0 amide bonds. The van der Waals surface area contributed by atoms with Crippen molar-refractivity contribution in [3.63, 3.8) is 0 Å². The number of hydrogen-bond donors (Lipinski definition) is 1. The average Bonchev–Trinajstić information content (AvgIpc) is 3.06. The molecule has 1 atom stereocenters. The summed E-state index contributed by atoms with van der Waals surface area (Å²) in [6.07, 6.45) is 0.699. The third-order valence-electron chi connectivity index (χ3n) is 2.60. The van der Waals surface area contributed by atoms with Gasteiger partial charge in [0.1, 0.15) is 11.9 Å². The van der Waals surface area contributed by atoms with Gasteiger partial charge in [0, 0.05) is 0 Å². The van der Waals surface area contributed by atoms with Gasteiger partial charge in [0.15, 0.2) is 0 Å². The molecule has 2 heterocycles. The number of methoxy groups -OCH3 is 1. The monoisotopic (exact) mass is 282 g/mol. The fourth-order valence-corrected chi connectivity index (χ4v) is 2.36. The lowest BCUT2D eigenvalue weighted by atomic mass is 10.1. The molecule has 6 nitrogen and oxygen atoms in total. The summed E-state index contributed by atoms with van der Waals surface area (Å²) in [5.41, 5.74) is 0.760. The molecule has 0 aromatic carbocycles. The van der Waals surface area contributed by atoms with E-state index in [1.54, 1.807) is 6.07 Å². The molecule has 102 valence electrons. The van der Waals surface area contributed by atoms with Gasteiger partial charge in [-0.2, -0.15) is 0 Å². The highest BCUT2D eigenvalue weighted by molar-refractivity contribution is 7.05. The zero-order valence-electron chi connectivity index (χ0n) is 10.6. The number of furan rings is 1. The molecule has 0 aliphatic heterocycles. The topological polar surface area (TPSA) is 85.5 Å². The van der Waals surface area contributed by atoms with E-state index >= 15 is 0 Å². The largest absolute Gasteiger partial charge is 0.463 e. The lowest BCUT2D eigenvalue weighted by Crippen LogP contribution is -2.01. The molecule has 2 aromatic heterocycles. The maximum Gasteiger partial charge on any atom is 0.373 e. The molecule has 0 saturated heterocycles. The van der Waals surface area contributed by atoms with Crippen molar-refractivity contribution in [3.05, 3.63) is 34.2 Å². The van der Waals surface area contributed by atoms with Crippen LogP contribution >= 0.6 is 11.5 Å². The van der Waals surface area contributed by atoms with Crippen LogP contribution in [0.5, 0.6) is 0 Å². The van der Waals surface area contributed by atoms with Crippen LogP contribution in [0.2, 0.25) is 0 Å². The number of carbonyl (C=O) groups excluding carboxylic acids is 1. The van der Waals surface area contributed by atoms with Crippen LogP contribution in [-0.4, -0.2) is 27.8 Å². The molecule has 0 aliphatic rings. The first kappa shape index (κ1) is 13.7. The van der Waals surface area contributed by atoms with Crippen LogP contribution in [0.3, 0.4) is 0 Å². The summed E-state index contributed by atoms with van der Waals surface area (Å²) in [6, 6.07) is 3.02. The Balaban J connectivity index is 2.23. The minimum Gasteiger partial charge on any atom is -0.463 e. The van der Waals surface area contributed by atoms with Crippen molar-refractivity contribution in [1.82, 2.24) is 9.59 Å². The van der Waals surface area contributed by atoms with Gasteiger partial charge in [-0.15, -0.1) is 5.10 Å². The van der Waals surface area contributed by atoms with E-state index in [4.69, 9.17) is 4.42 Å². The maximum absolute atomic E-state index is 11.3. The molecule has 7 heteroatoms. The van der Waals surface area contributed by atoms with Gasteiger partial charge in [-0.05, 0) is 30.1 Å². The number of rotatable bonds is 5. The molecular formula is C12H14N2O4S. The zero-order chi connectivity index (χ0) is 13.8. The molecule has 0 bridgehead atoms. The molecular weight excluding hydrogens is 268 g/mol. The highest BCUT2D eigenvalue weighted by atomic mass is 32.1. The first-order chi connectivity index (χ1) is 9.17. The number of aryl methyl sites for hydroxylation is 1. The van der Waals surface area contributed by atoms with Crippen molar-refractivity contribution in [1.29, 1.82) is 0 Å². The summed E-state index contributed by atoms with van der Waals surface area (Å²) in [7, 11) is 1.27. The number of nitrogens with zero attached hydrogens (tertiary/aromatic N) is 2. The van der Waals surface area contributed by atoms with Gasteiger partial charge in [-0.3, -0.25) is 0 Å². The molecule has 1 unspecified atom stereocenters. The van der Waals surface area contributed by atoms with Crippen LogP contribution in [0, 0.1) is 0 Å². The first-order valence-corrected chi connectivity index (χ1v) is 6.62. The molecule has 2 aromatic rings. The van der Waals surface area contributed by atoms with E-state index in [0.717, 1.165) is 30.1 Å². The Morgan fingerprint density at radius 2 is 2.37 bits per heavy atom. The van der Waals surface area contributed by atoms with Crippen molar-refractivity contribution in [2.24, 2.45) is 0 Å². The van der Waals surface area contributed by atoms with E-state index < -0.39 is 12.1 Å². The Kier molecular flexibility index (Phi) is 4.28. The van der Waals surface area contributed by atoms with Gasteiger partial charge in [0.25, 0.3) is 0 Å². The summed E-state index contributed by atoms with van der Waals surface area (Å²) < 4.78 is 13.7. The fourth-order valence-electron chi connectivity index (χ4n) is 1.67. The highest BCUT2D eigenvalue weighted by Gasteiger charge is 2.22. The zero-order valence-corrected chi connectivity index (χ0v) is 11.4. The third-order valence-corrected chi connectivity index (χ3v) is 3.42. The summed E-state index contributed by atoms with van der Waals surface area (Å²) in [4.78, 5) is 11.9. The van der Waals surface area contributed by atoms with Gasteiger partial charge in [-0.1, -0.05) is 17.8 Å². The van der Waals surface area contributed by atoms with E-state index in [2.05, 4.69) is 14.3 Å². The maximum atomic E-state index is 11.3. The molecule has 2 rings (SSSR count). The Hall–Kier alpha value is -1.73. The molecule has 0 aliphatic carbocycles. The Labute approximate surface area is 114 Å². The van der Waals surface area contributed by atoms with Crippen LogP contribution in [0.4, 0.5) is 0 Å². The van der Waals surface area contributed by atoms with Crippen LogP contribution in [-0.2, 0) is 11.2 Å². The van der Waals surface area contributed by atoms with E-state index in [0.29, 0.717) is 4.88 Å². The number of aliphatic hydroxyl groups is 1. The molecule has 0 saturated carbocycles. The second-order valence-electron chi connectivity index (χ2n) is 3.93. The van der Waals surface area contributed by atoms with Gasteiger partial charge < -0.3 is 14.3 Å². The first-order valence-electron chi connectivity index (χ1n) is 5.84. The van der Waals surface area contributed by atoms with Crippen LogP contribution in [0.1, 0.15) is 46.3 Å². The second-order valence-corrected chi connectivity index (χ2v) is 4.72. The number of esters is 1. The Morgan fingerprint density at radius 3 is 3.05 bits per heavy atom. The predicted octanol–water partition coefficient (Wildman–Crippen LogP) is 1.95. The van der Waals surface area contributed by atoms with E-state index in [1.807, 2.05) is 6.92 Å². The normalized spacial score (nSPS) is 12.4. The van der Waals surface area contributed by atoms with Crippen molar-refractivity contribution in [2.45, 2.75) is 25.9 Å². The summed E-state index contributed by atoms with van der Waals surface area (Å²) in [5, 5.41) is 14.2. The number of hydrogen-bond acceptors (Lipinski definition) is 7. The van der Waals surface area contributed by atoms with E-state index in [9.17, 15) is 9.90 Å². The number of carbonyl (C=O) groups is 1. The smallest absolute Gasteiger partial charge is 0.373 e. The summed E-state index contributed by atoms with van der Waals surface area (Å²) >= 11 is 1.13. The van der Waals surface area contributed by atoms with Crippen molar-refractivity contribution < 1.29 is 19.1 Å². The van der Waals surface area contributed by atoms with E-state index in [1.165, 1.54) is 13.2 Å². The van der Waals surface area contributed by atoms with Crippen LogP contribution in [0.15, 0.2) is 16.5 Å². The van der Waals surface area contributed by atoms with Gasteiger partial charge >= 0.3 is 5.97 Å². The quantitative estimate of drug-likeness (QED) is 0.844. The van der Waals surface area contributed by atoms with Crippen molar-refractivity contribution >= 4 is 17.5 Å². The summed E-state index contributed by atoms with van der Waals surface area (Å²) in [6.45, 7) is 2.03. The lowest BCUT2D eigenvalue weighted by Gasteiger charge is -2.06. The molecule has 19 heavy (non-hydrogen) atoms. The van der Waals surface area contributed by atoms with Gasteiger partial charge in [-0.25, -0.2) is 4.79 Å². The molecule has 0 radical (unpaired) electrons. The van der Waals surface area contributed by atoms with Crippen LogP contribution < -0.4 is 0 Å². The number of aromatic nitrogens is 2. The molecule has 1 N–H and O–H groups in total. The second kappa shape index (κ2) is 5.94. The SMILES string of the molecule is CCCc1nnsc1C(O)c1ccc(C(=O)OC)o1. The van der Waals surface area contributed by atoms with Crippen molar-refractivity contribution in [3.8, 4) is 0 Å². The lowest BCUT2D eigenvalue weighted by molar-refractivity contribution is 0.0558. The third kappa shape index (κ3) is 2.82. The minimum atomic E-state index is -0.958. The van der Waals surface area contributed by atoms with Gasteiger partial charge in [0.05, 0.1) is 17.7 Å². The molecule has 0 spiro atoms. The number of aliphatic hydroxyl groups excluding tert-OH is 1. The summed E-state index contributed by atoms with van der Waals surface area (Å²) in [5.74, 6) is -0.232. The predicted molar refractivity (Wildman–Crippen MR) is 68.0 cm³/mol. The number of ether oxygens (including phenoxy) is 1. The van der Waals surface area contributed by atoms with Crippen molar-refractivity contribution in [2.75, 3.05) is 7.11 Å². The van der Waals surface area contributed by atoms with Crippen LogP contribution in [0.25, 0.3) is 0 Å². The standard InChI is InChI=1S/C12H14N2O4S/c1-3-4-7-11(19-14-13-7)10(15)8-5-6-9(18-8)12(16)17-2/h5-6,10,15H,3-4H2,1-2H3.